The Morgan fingerprint density at radius 3 is 1.95 bits per heavy atom. The van der Waals surface area contributed by atoms with E-state index in [1.807, 2.05) is 12.2 Å². The van der Waals surface area contributed by atoms with Gasteiger partial charge in [0.25, 0.3) is 0 Å². The molecule has 0 amide bonds. The van der Waals surface area contributed by atoms with Crippen LogP contribution in [0, 0.1) is 0 Å². The summed E-state index contributed by atoms with van der Waals surface area (Å²) in [5, 5.41) is 0. The van der Waals surface area contributed by atoms with E-state index in [0.29, 0.717) is 11.8 Å². The van der Waals surface area contributed by atoms with Crippen molar-refractivity contribution in [3.63, 3.8) is 0 Å². The SMILES string of the molecule is C=C/C=C(\C=C)CC(c1ccccc1)C(C)c1ccccc1. The average molecular weight is 288 g/mol. The highest BCUT2D eigenvalue weighted by atomic mass is 14.2. The Labute approximate surface area is 134 Å². The second-order valence-corrected chi connectivity index (χ2v) is 5.60. The van der Waals surface area contributed by atoms with Gasteiger partial charge in [0.2, 0.25) is 0 Å². The predicted molar refractivity (Wildman–Crippen MR) is 97.1 cm³/mol. The normalized spacial score (nSPS) is 14.1. The van der Waals surface area contributed by atoms with Crippen LogP contribution in [0.4, 0.5) is 0 Å². The van der Waals surface area contributed by atoms with Crippen LogP contribution in [0.1, 0.15) is 36.3 Å². The van der Waals surface area contributed by atoms with Gasteiger partial charge in [0.15, 0.2) is 0 Å². The summed E-state index contributed by atoms with van der Waals surface area (Å²) in [4.78, 5) is 0. The lowest BCUT2D eigenvalue weighted by Crippen LogP contribution is -2.09. The minimum absolute atomic E-state index is 0.424. The molecule has 2 unspecified atom stereocenters. The number of benzene rings is 2. The fourth-order valence-corrected chi connectivity index (χ4v) is 2.90. The molecule has 2 aromatic rings. The van der Waals surface area contributed by atoms with Crippen LogP contribution in [0.15, 0.2) is 97.6 Å². The average Bonchev–Trinajstić information content (AvgIpc) is 2.59. The van der Waals surface area contributed by atoms with Crippen LogP contribution < -0.4 is 0 Å². The first-order valence-corrected chi connectivity index (χ1v) is 7.80. The fraction of sp³-hybridized carbons (Fsp3) is 0.182. The lowest BCUT2D eigenvalue weighted by Gasteiger charge is -2.25. The first kappa shape index (κ1) is 16.0. The van der Waals surface area contributed by atoms with Crippen LogP contribution in [0.25, 0.3) is 0 Å². The molecular weight excluding hydrogens is 264 g/mol. The number of allylic oxidation sites excluding steroid dienone is 4. The zero-order valence-corrected chi connectivity index (χ0v) is 13.3. The molecule has 0 saturated carbocycles. The molecule has 0 heterocycles. The Morgan fingerprint density at radius 1 is 0.909 bits per heavy atom. The second-order valence-electron chi connectivity index (χ2n) is 5.60. The van der Waals surface area contributed by atoms with Crippen molar-refractivity contribution in [2.75, 3.05) is 0 Å². The summed E-state index contributed by atoms with van der Waals surface area (Å²) in [5.41, 5.74) is 3.97. The van der Waals surface area contributed by atoms with Gasteiger partial charge in [-0.15, -0.1) is 0 Å². The van der Waals surface area contributed by atoms with Gasteiger partial charge in [-0.3, -0.25) is 0 Å². The van der Waals surface area contributed by atoms with Crippen molar-refractivity contribution in [2.24, 2.45) is 0 Å². The molecule has 112 valence electrons. The van der Waals surface area contributed by atoms with Crippen LogP contribution in [-0.2, 0) is 0 Å². The minimum Gasteiger partial charge on any atom is -0.0991 e. The summed E-state index contributed by atoms with van der Waals surface area (Å²) in [7, 11) is 0. The van der Waals surface area contributed by atoms with Gasteiger partial charge in [-0.1, -0.05) is 99.0 Å². The summed E-state index contributed by atoms with van der Waals surface area (Å²) in [5.74, 6) is 0.865. The minimum atomic E-state index is 0.424. The third-order valence-electron chi connectivity index (χ3n) is 4.21. The molecule has 2 atom stereocenters. The van der Waals surface area contributed by atoms with Gasteiger partial charge < -0.3 is 0 Å². The van der Waals surface area contributed by atoms with Crippen molar-refractivity contribution in [3.05, 3.63) is 109 Å². The molecule has 0 aliphatic carbocycles. The largest absolute Gasteiger partial charge is 0.0991 e. The second kappa shape index (κ2) is 8.19. The Bertz CT molecular complexity index is 620. The third kappa shape index (κ3) is 4.08. The quantitative estimate of drug-likeness (QED) is 0.527. The lowest BCUT2D eigenvalue weighted by atomic mass is 9.79. The third-order valence-corrected chi connectivity index (χ3v) is 4.21. The maximum Gasteiger partial charge on any atom is -0.00553 e. The molecule has 0 fully saturated rings. The highest BCUT2D eigenvalue weighted by Gasteiger charge is 2.21. The van der Waals surface area contributed by atoms with Gasteiger partial charge in [0.05, 0.1) is 0 Å². The molecule has 0 N–H and O–H groups in total. The van der Waals surface area contributed by atoms with E-state index in [9.17, 15) is 0 Å². The van der Waals surface area contributed by atoms with Gasteiger partial charge >= 0.3 is 0 Å². The summed E-state index contributed by atoms with van der Waals surface area (Å²) < 4.78 is 0. The smallest absolute Gasteiger partial charge is 0.00553 e. The maximum absolute atomic E-state index is 3.94. The molecular formula is C22H24. The van der Waals surface area contributed by atoms with Crippen LogP contribution in [0.2, 0.25) is 0 Å². The van der Waals surface area contributed by atoms with E-state index in [1.165, 1.54) is 16.7 Å². The van der Waals surface area contributed by atoms with E-state index in [-0.39, 0.29) is 0 Å². The molecule has 0 radical (unpaired) electrons. The zero-order chi connectivity index (χ0) is 15.8. The summed E-state index contributed by atoms with van der Waals surface area (Å²) in [6.07, 6.45) is 6.80. The Kier molecular flexibility index (Phi) is 5.97. The number of hydrogen-bond donors (Lipinski definition) is 0. The standard InChI is InChI=1S/C22H24/c1-4-12-19(5-2)17-22(21-15-10-7-11-16-21)18(3)20-13-8-6-9-14-20/h4-16,18,22H,1-2,17H2,3H3/b19-12+. The van der Waals surface area contributed by atoms with Gasteiger partial charge in [-0.2, -0.15) is 0 Å². The Balaban J connectivity index is 2.35. The fourth-order valence-electron chi connectivity index (χ4n) is 2.90. The highest BCUT2D eigenvalue weighted by Crippen LogP contribution is 2.37. The zero-order valence-electron chi connectivity index (χ0n) is 13.3. The predicted octanol–water partition coefficient (Wildman–Crippen LogP) is 6.26. The van der Waals surface area contributed by atoms with Gasteiger partial charge in [0.1, 0.15) is 0 Å². The van der Waals surface area contributed by atoms with Crippen molar-refractivity contribution in [3.8, 4) is 0 Å². The van der Waals surface area contributed by atoms with Crippen LogP contribution in [0.3, 0.4) is 0 Å². The molecule has 22 heavy (non-hydrogen) atoms. The highest BCUT2D eigenvalue weighted by molar-refractivity contribution is 5.32. The number of rotatable bonds is 7. The maximum atomic E-state index is 3.94. The summed E-state index contributed by atoms with van der Waals surface area (Å²) in [6, 6.07) is 21.5. The molecule has 2 rings (SSSR count). The van der Waals surface area contributed by atoms with Crippen molar-refractivity contribution in [1.29, 1.82) is 0 Å². The monoisotopic (exact) mass is 288 g/mol. The molecule has 0 aromatic heterocycles. The van der Waals surface area contributed by atoms with Gasteiger partial charge in [-0.05, 0) is 35.0 Å². The van der Waals surface area contributed by atoms with E-state index in [0.717, 1.165) is 6.42 Å². The Hall–Kier alpha value is -2.34. The van der Waals surface area contributed by atoms with Gasteiger partial charge in [0, 0.05) is 0 Å². The molecule has 0 nitrogen and oxygen atoms in total. The van der Waals surface area contributed by atoms with Gasteiger partial charge in [-0.25, -0.2) is 0 Å². The molecule has 0 spiro atoms. The molecule has 0 aliphatic heterocycles. The first-order valence-electron chi connectivity index (χ1n) is 7.80. The lowest BCUT2D eigenvalue weighted by molar-refractivity contribution is 0.574. The van der Waals surface area contributed by atoms with Crippen LogP contribution >= 0.6 is 0 Å². The van der Waals surface area contributed by atoms with Crippen LogP contribution in [-0.4, -0.2) is 0 Å². The van der Waals surface area contributed by atoms with Crippen molar-refractivity contribution < 1.29 is 0 Å². The van der Waals surface area contributed by atoms with Crippen molar-refractivity contribution >= 4 is 0 Å². The summed E-state index contributed by atoms with van der Waals surface area (Å²) >= 11 is 0. The van der Waals surface area contributed by atoms with E-state index in [4.69, 9.17) is 0 Å². The Morgan fingerprint density at radius 2 is 1.45 bits per heavy atom. The van der Waals surface area contributed by atoms with Crippen LogP contribution in [0.5, 0.6) is 0 Å². The van der Waals surface area contributed by atoms with Crippen molar-refractivity contribution in [2.45, 2.75) is 25.2 Å². The molecule has 0 saturated heterocycles. The van der Waals surface area contributed by atoms with E-state index in [2.05, 4.69) is 86.8 Å². The molecule has 0 aliphatic rings. The van der Waals surface area contributed by atoms with E-state index >= 15 is 0 Å². The topological polar surface area (TPSA) is 0 Å². The summed E-state index contributed by atoms with van der Waals surface area (Å²) in [6.45, 7) is 10.1. The van der Waals surface area contributed by atoms with E-state index in [1.54, 1.807) is 0 Å². The van der Waals surface area contributed by atoms with E-state index < -0.39 is 0 Å². The molecule has 2 aromatic carbocycles. The number of hydrogen-bond acceptors (Lipinski definition) is 0. The van der Waals surface area contributed by atoms with Crippen molar-refractivity contribution in [1.82, 2.24) is 0 Å². The molecule has 0 bridgehead atoms. The molecule has 0 heteroatoms. The first-order chi connectivity index (χ1) is 10.8.